The van der Waals surface area contributed by atoms with E-state index in [1.54, 1.807) is 6.07 Å². The molecular formula is C19H26ClN3O4. The molecule has 3 rings (SSSR count). The van der Waals surface area contributed by atoms with Gasteiger partial charge in [0.15, 0.2) is 0 Å². The van der Waals surface area contributed by atoms with Crippen LogP contribution in [0.15, 0.2) is 18.2 Å². The van der Waals surface area contributed by atoms with Crippen LogP contribution >= 0.6 is 12.4 Å². The highest BCUT2D eigenvalue weighted by atomic mass is 35.5. The maximum Gasteiger partial charge on any atom is 0.325 e. The highest BCUT2D eigenvalue weighted by molar-refractivity contribution is 6.02. The standard InChI is InChI=1S/C19H25N3O4.ClH/c1-12-5-6-15(13(2)8-12)20-18(26)21-16(23)10-22-9-14-4-3-7-19(14,11-22)17(24)25;/h5-6,8,14H,3-4,7,9-11H2,1-2H3,(H,24,25)(H2,20,21,23,26);1H/t14-,19+;/m0./s1. The van der Waals surface area contributed by atoms with Gasteiger partial charge in [-0.3, -0.25) is 19.8 Å². The van der Waals surface area contributed by atoms with Gasteiger partial charge in [-0.05, 0) is 44.2 Å². The van der Waals surface area contributed by atoms with Crippen LogP contribution in [-0.2, 0) is 9.59 Å². The maximum atomic E-state index is 12.2. The van der Waals surface area contributed by atoms with Gasteiger partial charge in [0.1, 0.15) is 0 Å². The fourth-order valence-corrected chi connectivity index (χ4v) is 4.34. The first-order chi connectivity index (χ1) is 12.3. The number of halogens is 1. The summed E-state index contributed by atoms with van der Waals surface area (Å²) in [5.74, 6) is -1.10. The lowest BCUT2D eigenvalue weighted by molar-refractivity contribution is -0.149. The largest absolute Gasteiger partial charge is 0.481 e. The second kappa shape index (κ2) is 8.27. The fraction of sp³-hybridized carbons (Fsp3) is 0.526. The molecular weight excluding hydrogens is 370 g/mol. The number of carboxylic acid groups (broad SMARTS) is 1. The summed E-state index contributed by atoms with van der Waals surface area (Å²) in [5.41, 5.74) is 1.95. The van der Waals surface area contributed by atoms with E-state index >= 15 is 0 Å². The van der Waals surface area contributed by atoms with E-state index in [1.165, 1.54) is 0 Å². The van der Waals surface area contributed by atoms with Crippen LogP contribution in [0.5, 0.6) is 0 Å². The van der Waals surface area contributed by atoms with Gasteiger partial charge < -0.3 is 10.4 Å². The molecule has 1 aliphatic carbocycles. The van der Waals surface area contributed by atoms with Crippen molar-refractivity contribution in [3.8, 4) is 0 Å². The number of imide groups is 1. The molecule has 2 atom stereocenters. The first-order valence-electron chi connectivity index (χ1n) is 8.94. The van der Waals surface area contributed by atoms with E-state index in [9.17, 15) is 19.5 Å². The Labute approximate surface area is 164 Å². The number of fused-ring (bicyclic) bond motifs is 1. The van der Waals surface area contributed by atoms with Crippen molar-refractivity contribution in [1.29, 1.82) is 0 Å². The van der Waals surface area contributed by atoms with Crippen molar-refractivity contribution in [1.82, 2.24) is 10.2 Å². The Balaban J connectivity index is 0.00000261. The van der Waals surface area contributed by atoms with Crippen LogP contribution in [0.2, 0.25) is 0 Å². The van der Waals surface area contributed by atoms with Crippen molar-refractivity contribution in [2.24, 2.45) is 11.3 Å². The molecule has 0 bridgehead atoms. The van der Waals surface area contributed by atoms with E-state index < -0.39 is 23.3 Å². The van der Waals surface area contributed by atoms with Crippen LogP contribution < -0.4 is 10.6 Å². The van der Waals surface area contributed by atoms with E-state index in [2.05, 4.69) is 10.6 Å². The zero-order valence-electron chi connectivity index (χ0n) is 15.6. The minimum absolute atomic E-state index is 0. The lowest BCUT2D eigenvalue weighted by Gasteiger charge is -2.23. The van der Waals surface area contributed by atoms with Gasteiger partial charge in [0.05, 0.1) is 12.0 Å². The van der Waals surface area contributed by atoms with E-state index in [-0.39, 0.29) is 24.9 Å². The van der Waals surface area contributed by atoms with Crippen LogP contribution in [0.1, 0.15) is 30.4 Å². The number of aliphatic carboxylic acids is 1. The normalized spacial score (nSPS) is 24.0. The Kier molecular flexibility index (Phi) is 6.49. The number of amides is 3. The van der Waals surface area contributed by atoms with E-state index in [0.717, 1.165) is 24.0 Å². The molecule has 8 heteroatoms. The molecule has 7 nitrogen and oxygen atoms in total. The van der Waals surface area contributed by atoms with Crippen molar-refractivity contribution in [3.05, 3.63) is 29.3 Å². The second-order valence-electron chi connectivity index (χ2n) is 7.54. The maximum absolute atomic E-state index is 12.2. The molecule has 0 spiro atoms. The molecule has 2 aliphatic rings. The molecule has 0 unspecified atom stereocenters. The third kappa shape index (κ3) is 4.42. The van der Waals surface area contributed by atoms with Gasteiger partial charge in [-0.15, -0.1) is 12.4 Å². The highest BCUT2D eigenvalue weighted by Crippen LogP contribution is 2.48. The molecule has 2 fully saturated rings. The zero-order chi connectivity index (χ0) is 18.9. The third-order valence-corrected chi connectivity index (χ3v) is 5.62. The Hall–Kier alpha value is -2.12. The number of hydrogen-bond donors (Lipinski definition) is 3. The first-order valence-corrected chi connectivity index (χ1v) is 8.94. The number of hydrogen-bond acceptors (Lipinski definition) is 4. The number of rotatable bonds is 4. The predicted octanol–water partition coefficient (Wildman–Crippen LogP) is 2.56. The molecule has 1 heterocycles. The van der Waals surface area contributed by atoms with Crippen LogP contribution in [0, 0.1) is 25.2 Å². The Morgan fingerprint density at radius 3 is 2.67 bits per heavy atom. The van der Waals surface area contributed by atoms with Crippen LogP contribution in [0.3, 0.4) is 0 Å². The van der Waals surface area contributed by atoms with Gasteiger partial charge in [0.2, 0.25) is 5.91 Å². The summed E-state index contributed by atoms with van der Waals surface area (Å²) in [4.78, 5) is 37.7. The van der Waals surface area contributed by atoms with E-state index in [1.807, 2.05) is 30.9 Å². The average Bonchev–Trinajstić information content (AvgIpc) is 3.07. The number of anilines is 1. The molecule has 1 aromatic rings. The van der Waals surface area contributed by atoms with E-state index in [0.29, 0.717) is 25.2 Å². The molecule has 1 aromatic carbocycles. The summed E-state index contributed by atoms with van der Waals surface area (Å²) in [6.45, 7) is 4.86. The molecule has 0 radical (unpaired) electrons. The van der Waals surface area contributed by atoms with Gasteiger partial charge in [-0.25, -0.2) is 4.79 Å². The summed E-state index contributed by atoms with van der Waals surface area (Å²) >= 11 is 0. The zero-order valence-corrected chi connectivity index (χ0v) is 16.4. The number of nitrogens with one attached hydrogen (secondary N) is 2. The first kappa shape index (κ1) is 21.2. The molecule has 148 valence electrons. The average molecular weight is 396 g/mol. The Bertz CT molecular complexity index is 754. The fourth-order valence-electron chi connectivity index (χ4n) is 4.34. The molecule has 3 amide bonds. The van der Waals surface area contributed by atoms with Gasteiger partial charge in [-0.1, -0.05) is 24.1 Å². The SMILES string of the molecule is Cc1ccc(NC(=O)NC(=O)CN2C[C@@H]3CCC[C@@]3(C(=O)O)C2)c(C)c1.Cl. The van der Waals surface area contributed by atoms with Gasteiger partial charge >= 0.3 is 12.0 Å². The van der Waals surface area contributed by atoms with Crippen molar-refractivity contribution in [3.63, 3.8) is 0 Å². The van der Waals surface area contributed by atoms with Crippen LogP contribution in [0.25, 0.3) is 0 Å². The number of aryl methyl sites for hydroxylation is 2. The Morgan fingerprint density at radius 1 is 1.30 bits per heavy atom. The monoisotopic (exact) mass is 395 g/mol. The summed E-state index contributed by atoms with van der Waals surface area (Å²) in [5, 5.41) is 14.6. The van der Waals surface area contributed by atoms with Crippen LogP contribution in [-0.4, -0.2) is 47.5 Å². The molecule has 3 N–H and O–H groups in total. The summed E-state index contributed by atoms with van der Waals surface area (Å²) < 4.78 is 0. The summed E-state index contributed by atoms with van der Waals surface area (Å²) in [6.07, 6.45) is 2.48. The smallest absolute Gasteiger partial charge is 0.325 e. The number of nitrogens with zero attached hydrogens (tertiary/aromatic N) is 1. The topological polar surface area (TPSA) is 98.7 Å². The third-order valence-electron chi connectivity index (χ3n) is 5.62. The lowest BCUT2D eigenvalue weighted by atomic mass is 9.81. The number of likely N-dealkylation sites (tertiary alicyclic amines) is 1. The van der Waals surface area contributed by atoms with Crippen molar-refractivity contribution in [2.45, 2.75) is 33.1 Å². The number of benzene rings is 1. The molecule has 27 heavy (non-hydrogen) atoms. The van der Waals surface area contributed by atoms with Crippen molar-refractivity contribution >= 4 is 36.0 Å². The molecule has 1 aliphatic heterocycles. The quantitative estimate of drug-likeness (QED) is 0.727. The number of urea groups is 1. The minimum atomic E-state index is -0.768. The second-order valence-corrected chi connectivity index (χ2v) is 7.54. The van der Waals surface area contributed by atoms with Crippen molar-refractivity contribution < 1.29 is 19.5 Å². The van der Waals surface area contributed by atoms with Gasteiger partial charge in [-0.2, -0.15) is 0 Å². The molecule has 1 saturated carbocycles. The molecule has 1 saturated heterocycles. The van der Waals surface area contributed by atoms with E-state index in [4.69, 9.17) is 0 Å². The lowest BCUT2D eigenvalue weighted by Crippen LogP contribution is -2.42. The predicted molar refractivity (Wildman–Crippen MR) is 104 cm³/mol. The number of carbonyl (C=O) groups excluding carboxylic acids is 2. The van der Waals surface area contributed by atoms with Crippen LogP contribution in [0.4, 0.5) is 10.5 Å². The van der Waals surface area contributed by atoms with Crippen molar-refractivity contribution in [2.75, 3.05) is 25.0 Å². The summed E-state index contributed by atoms with van der Waals surface area (Å²) in [6, 6.07) is 5.06. The number of carboxylic acids is 1. The van der Waals surface area contributed by atoms with Gasteiger partial charge in [0, 0.05) is 18.8 Å². The van der Waals surface area contributed by atoms with Gasteiger partial charge in [0.25, 0.3) is 0 Å². The highest BCUT2D eigenvalue weighted by Gasteiger charge is 2.54. The molecule has 0 aromatic heterocycles. The minimum Gasteiger partial charge on any atom is -0.481 e. The summed E-state index contributed by atoms with van der Waals surface area (Å²) in [7, 11) is 0. The number of carbonyl (C=O) groups is 3. The Morgan fingerprint density at radius 2 is 2.04 bits per heavy atom.